The molecule has 244 valence electrons. The van der Waals surface area contributed by atoms with Gasteiger partial charge >= 0.3 is 0 Å². The van der Waals surface area contributed by atoms with Gasteiger partial charge in [-0.15, -0.1) is 5.10 Å². The van der Waals surface area contributed by atoms with Gasteiger partial charge in [0.05, 0.1) is 44.2 Å². The lowest BCUT2D eigenvalue weighted by Gasteiger charge is -2.38. The summed E-state index contributed by atoms with van der Waals surface area (Å²) in [6, 6.07) is 24.0. The van der Waals surface area contributed by atoms with Gasteiger partial charge in [0.2, 0.25) is 0 Å². The molecule has 8 heteroatoms. The summed E-state index contributed by atoms with van der Waals surface area (Å²) in [6.07, 6.45) is 12.0. The van der Waals surface area contributed by atoms with Crippen LogP contribution in [0, 0.1) is 0 Å². The summed E-state index contributed by atoms with van der Waals surface area (Å²) in [4.78, 5) is 7.63. The Kier molecular flexibility index (Phi) is 9.65. The Bertz CT molecular complexity index is 1800. The van der Waals surface area contributed by atoms with Crippen LogP contribution in [0.5, 0.6) is 11.5 Å². The number of nitrogens with one attached hydrogen (secondary N) is 1. The first kappa shape index (κ1) is 31.2. The summed E-state index contributed by atoms with van der Waals surface area (Å²) in [5.74, 6) is 1.60. The Hall–Kier alpha value is -4.43. The van der Waals surface area contributed by atoms with Crippen LogP contribution in [0.2, 0.25) is 0 Å². The van der Waals surface area contributed by atoms with Crippen molar-refractivity contribution in [3.63, 3.8) is 0 Å². The molecule has 0 amide bonds. The van der Waals surface area contributed by atoms with Gasteiger partial charge in [-0.1, -0.05) is 60.2 Å². The summed E-state index contributed by atoms with van der Waals surface area (Å²) in [5, 5.41) is 13.7. The van der Waals surface area contributed by atoms with Crippen molar-refractivity contribution in [2.24, 2.45) is 0 Å². The van der Waals surface area contributed by atoms with Crippen LogP contribution in [0.4, 0.5) is 5.69 Å². The topological polar surface area (TPSA) is 77.3 Å². The van der Waals surface area contributed by atoms with Crippen LogP contribution in [-0.2, 0) is 32.2 Å². The molecule has 0 saturated heterocycles. The highest BCUT2D eigenvalue weighted by Crippen LogP contribution is 2.41. The minimum Gasteiger partial charge on any atom is -0.493 e. The molecule has 2 aromatic heterocycles. The van der Waals surface area contributed by atoms with E-state index in [9.17, 15) is 0 Å². The number of methoxy groups -OCH3 is 2. The standard InChI is InChI=1S/C39H46N6O2/c1-46-36-25-29-20-23-44(39(28-13-5-3-6-14-28)33(29)26-37(36)47-2)22-12-4-7-15-30-27-41-43-45(30)24-21-40-38-31-16-8-10-18-34(31)42-35-19-11-9-17-32(35)38/h3,5-6,8,10,13-14,16,18,25-27,39H,4,7,9,11-12,15,17,19-24H2,1-2H3,(H,40,42)/t39-/m1/s1. The van der Waals surface area contributed by atoms with E-state index < -0.39 is 0 Å². The number of hydrogen-bond acceptors (Lipinski definition) is 7. The first-order valence-corrected chi connectivity index (χ1v) is 17.3. The van der Waals surface area contributed by atoms with E-state index in [1.165, 1.54) is 57.6 Å². The number of anilines is 1. The number of fused-ring (bicyclic) bond motifs is 3. The van der Waals surface area contributed by atoms with Crippen LogP contribution < -0.4 is 14.8 Å². The molecule has 1 aliphatic heterocycles. The maximum atomic E-state index is 5.70. The SMILES string of the molecule is COc1cc2c(cc1OC)[C@@H](c1ccccc1)N(CCCCCc1cnnn1CCNc1c3c(nc4ccccc14)CCCC3)CC2. The number of ether oxygens (including phenoxy) is 2. The van der Waals surface area contributed by atoms with Crippen molar-refractivity contribution in [3.05, 3.63) is 107 Å². The number of nitrogens with zero attached hydrogens (tertiary/aromatic N) is 5. The fourth-order valence-electron chi connectivity index (χ4n) is 7.58. The number of unbranched alkanes of at least 4 members (excludes halogenated alkanes) is 2. The molecular formula is C39H46N6O2. The minimum absolute atomic E-state index is 0.209. The summed E-state index contributed by atoms with van der Waals surface area (Å²) in [6.45, 7) is 3.69. The highest BCUT2D eigenvalue weighted by molar-refractivity contribution is 5.93. The van der Waals surface area contributed by atoms with Crippen molar-refractivity contribution < 1.29 is 9.47 Å². The highest BCUT2D eigenvalue weighted by atomic mass is 16.5. The van der Waals surface area contributed by atoms with Crippen molar-refractivity contribution in [2.75, 3.05) is 39.2 Å². The van der Waals surface area contributed by atoms with E-state index in [4.69, 9.17) is 14.5 Å². The molecule has 5 aromatic rings. The molecule has 0 bridgehead atoms. The van der Waals surface area contributed by atoms with Crippen LogP contribution in [-0.4, -0.2) is 58.7 Å². The van der Waals surface area contributed by atoms with Crippen molar-refractivity contribution in [1.82, 2.24) is 24.9 Å². The molecular weight excluding hydrogens is 584 g/mol. The van der Waals surface area contributed by atoms with Crippen molar-refractivity contribution in [2.45, 2.75) is 70.4 Å². The van der Waals surface area contributed by atoms with Crippen molar-refractivity contribution >= 4 is 16.6 Å². The van der Waals surface area contributed by atoms with E-state index in [0.29, 0.717) is 0 Å². The average Bonchev–Trinajstić information content (AvgIpc) is 3.57. The molecule has 1 atom stereocenters. The van der Waals surface area contributed by atoms with Gasteiger partial charge in [0.1, 0.15) is 0 Å². The quantitative estimate of drug-likeness (QED) is 0.138. The van der Waals surface area contributed by atoms with Gasteiger partial charge in [-0.25, -0.2) is 4.68 Å². The van der Waals surface area contributed by atoms with Crippen LogP contribution in [0.3, 0.4) is 0 Å². The second-order valence-corrected chi connectivity index (χ2v) is 12.8. The molecule has 2 aliphatic rings. The zero-order chi connectivity index (χ0) is 32.0. The third-order valence-electron chi connectivity index (χ3n) is 9.96. The maximum absolute atomic E-state index is 5.70. The first-order valence-electron chi connectivity index (χ1n) is 17.3. The Morgan fingerprint density at radius 2 is 1.66 bits per heavy atom. The lowest BCUT2D eigenvalue weighted by atomic mass is 9.87. The number of aryl methyl sites for hydroxylation is 2. The normalized spacial score (nSPS) is 16.1. The van der Waals surface area contributed by atoms with Crippen LogP contribution in [0.25, 0.3) is 10.9 Å². The molecule has 47 heavy (non-hydrogen) atoms. The van der Waals surface area contributed by atoms with Gasteiger partial charge in [-0.2, -0.15) is 0 Å². The van der Waals surface area contributed by atoms with Gasteiger partial charge < -0.3 is 14.8 Å². The second-order valence-electron chi connectivity index (χ2n) is 12.8. The number of para-hydroxylation sites is 1. The number of benzene rings is 3. The zero-order valence-electron chi connectivity index (χ0n) is 27.8. The molecule has 8 nitrogen and oxygen atoms in total. The van der Waals surface area contributed by atoms with Crippen LogP contribution >= 0.6 is 0 Å². The molecule has 7 rings (SSSR count). The van der Waals surface area contributed by atoms with E-state index in [2.05, 4.69) is 91.9 Å². The Morgan fingerprint density at radius 3 is 2.53 bits per heavy atom. The summed E-state index contributed by atoms with van der Waals surface area (Å²) < 4.78 is 13.4. The van der Waals surface area contributed by atoms with Crippen molar-refractivity contribution in [1.29, 1.82) is 0 Å². The molecule has 0 unspecified atom stereocenters. The molecule has 1 aliphatic carbocycles. The minimum atomic E-state index is 0.209. The predicted molar refractivity (Wildman–Crippen MR) is 188 cm³/mol. The van der Waals surface area contributed by atoms with Gasteiger partial charge in [-0.05, 0) is 98.4 Å². The maximum Gasteiger partial charge on any atom is 0.161 e. The molecule has 0 radical (unpaired) electrons. The van der Waals surface area contributed by atoms with E-state index in [-0.39, 0.29) is 6.04 Å². The summed E-state index contributed by atoms with van der Waals surface area (Å²) >= 11 is 0. The fraction of sp³-hybridized carbons (Fsp3) is 0.410. The smallest absolute Gasteiger partial charge is 0.161 e. The molecule has 0 saturated carbocycles. The van der Waals surface area contributed by atoms with Crippen LogP contribution in [0.15, 0.2) is 72.9 Å². The van der Waals surface area contributed by atoms with E-state index >= 15 is 0 Å². The average molecular weight is 631 g/mol. The zero-order valence-corrected chi connectivity index (χ0v) is 27.8. The number of pyridine rings is 1. The first-order chi connectivity index (χ1) is 23.2. The number of rotatable bonds is 13. The lowest BCUT2D eigenvalue weighted by Crippen LogP contribution is -2.36. The third kappa shape index (κ3) is 6.70. The van der Waals surface area contributed by atoms with Crippen molar-refractivity contribution in [3.8, 4) is 11.5 Å². The third-order valence-corrected chi connectivity index (χ3v) is 9.96. The summed E-state index contributed by atoms with van der Waals surface area (Å²) in [7, 11) is 3.43. The van der Waals surface area contributed by atoms with E-state index in [1.807, 2.05) is 6.20 Å². The molecule has 0 spiro atoms. The lowest BCUT2D eigenvalue weighted by molar-refractivity contribution is 0.207. The van der Waals surface area contributed by atoms with E-state index in [1.54, 1.807) is 14.2 Å². The second kappa shape index (κ2) is 14.6. The highest BCUT2D eigenvalue weighted by Gasteiger charge is 2.30. The monoisotopic (exact) mass is 630 g/mol. The van der Waals surface area contributed by atoms with Gasteiger partial charge in [0.25, 0.3) is 0 Å². The predicted octanol–water partition coefficient (Wildman–Crippen LogP) is 7.19. The molecule has 1 N–H and O–H groups in total. The summed E-state index contributed by atoms with van der Waals surface area (Å²) in [5.41, 5.74) is 10.2. The number of hydrogen-bond donors (Lipinski definition) is 1. The number of aromatic nitrogens is 4. The molecule has 0 fully saturated rings. The Labute approximate surface area is 278 Å². The van der Waals surface area contributed by atoms with Gasteiger partial charge in [0, 0.05) is 29.9 Å². The van der Waals surface area contributed by atoms with Crippen LogP contribution in [0.1, 0.15) is 71.8 Å². The largest absolute Gasteiger partial charge is 0.493 e. The Balaban J connectivity index is 0.952. The van der Waals surface area contributed by atoms with Gasteiger partial charge in [-0.3, -0.25) is 9.88 Å². The van der Waals surface area contributed by atoms with E-state index in [0.717, 1.165) is 88.1 Å². The van der Waals surface area contributed by atoms with Gasteiger partial charge in [0.15, 0.2) is 11.5 Å². The molecule has 3 heterocycles. The Morgan fingerprint density at radius 1 is 0.851 bits per heavy atom. The molecule has 3 aromatic carbocycles. The fourth-order valence-corrected chi connectivity index (χ4v) is 7.58.